The van der Waals surface area contributed by atoms with Gasteiger partial charge in [0.05, 0.1) is 5.01 Å². The number of hydrogen-bond donors (Lipinski definition) is 1. The van der Waals surface area contributed by atoms with Gasteiger partial charge in [0.2, 0.25) is 0 Å². The Morgan fingerprint density at radius 2 is 2.58 bits per heavy atom. The van der Waals surface area contributed by atoms with Gasteiger partial charge in [0.1, 0.15) is 0 Å². The van der Waals surface area contributed by atoms with Gasteiger partial charge in [-0.05, 0) is 6.42 Å². The first-order valence-corrected chi connectivity index (χ1v) is 4.83. The maximum atomic E-state index is 5.84. The maximum Gasteiger partial charge on any atom is 0.0940 e. The summed E-state index contributed by atoms with van der Waals surface area (Å²) < 4.78 is 4.93. The summed E-state index contributed by atoms with van der Waals surface area (Å²) in [6.07, 6.45) is 3.57. The van der Waals surface area contributed by atoms with Crippen molar-refractivity contribution in [3.63, 3.8) is 0 Å². The lowest BCUT2D eigenvalue weighted by atomic mass is 10.2. The Morgan fingerprint density at radius 3 is 3.17 bits per heavy atom. The minimum atomic E-state index is 0.177. The molecule has 3 nitrogen and oxygen atoms in total. The zero-order valence-corrected chi connectivity index (χ0v) is 8.01. The van der Waals surface area contributed by atoms with Crippen molar-refractivity contribution in [2.24, 2.45) is 5.73 Å². The van der Waals surface area contributed by atoms with Gasteiger partial charge in [-0.3, -0.25) is 0 Å². The molecular weight excluding hydrogens is 172 g/mol. The van der Waals surface area contributed by atoms with Gasteiger partial charge in [0, 0.05) is 37.8 Å². The third kappa shape index (κ3) is 3.30. The molecule has 0 aliphatic rings. The molecule has 0 amide bonds. The fraction of sp³-hybridized carbons (Fsp3) is 0.625. The van der Waals surface area contributed by atoms with Gasteiger partial charge in [0.15, 0.2) is 0 Å². The molecule has 0 radical (unpaired) electrons. The molecule has 0 saturated carbocycles. The molecule has 12 heavy (non-hydrogen) atoms. The lowest BCUT2D eigenvalue weighted by Crippen LogP contribution is -2.24. The van der Waals surface area contributed by atoms with Gasteiger partial charge >= 0.3 is 0 Å². The summed E-state index contributed by atoms with van der Waals surface area (Å²) in [4.78, 5) is 4.16. The van der Waals surface area contributed by atoms with E-state index in [2.05, 4.69) is 4.98 Å². The highest BCUT2D eigenvalue weighted by Gasteiger charge is 2.04. The number of rotatable bonds is 5. The first-order chi connectivity index (χ1) is 5.83. The standard InChI is InChI=1S/C8H14N2OS/c1-11-4-2-7(9)6-8-10-3-5-12-8/h3,5,7H,2,4,6,9H2,1H3. The van der Waals surface area contributed by atoms with Crippen molar-refractivity contribution >= 4 is 11.3 Å². The molecule has 4 heteroatoms. The molecule has 1 atom stereocenters. The van der Waals surface area contributed by atoms with Crippen LogP contribution >= 0.6 is 11.3 Å². The predicted molar refractivity (Wildman–Crippen MR) is 50.3 cm³/mol. The Hall–Kier alpha value is -0.450. The van der Waals surface area contributed by atoms with E-state index in [4.69, 9.17) is 10.5 Å². The summed E-state index contributed by atoms with van der Waals surface area (Å²) in [7, 11) is 1.69. The van der Waals surface area contributed by atoms with Gasteiger partial charge in [-0.25, -0.2) is 4.98 Å². The Balaban J connectivity index is 2.22. The van der Waals surface area contributed by atoms with E-state index in [1.807, 2.05) is 11.6 Å². The monoisotopic (exact) mass is 186 g/mol. The number of aromatic nitrogens is 1. The van der Waals surface area contributed by atoms with Gasteiger partial charge in [-0.15, -0.1) is 11.3 Å². The van der Waals surface area contributed by atoms with Crippen molar-refractivity contribution in [1.29, 1.82) is 0 Å². The van der Waals surface area contributed by atoms with E-state index in [0.717, 1.165) is 24.5 Å². The number of nitrogens with zero attached hydrogens (tertiary/aromatic N) is 1. The van der Waals surface area contributed by atoms with E-state index in [1.54, 1.807) is 18.4 Å². The molecule has 0 aromatic carbocycles. The van der Waals surface area contributed by atoms with Gasteiger partial charge < -0.3 is 10.5 Å². The molecule has 0 bridgehead atoms. The minimum Gasteiger partial charge on any atom is -0.385 e. The van der Waals surface area contributed by atoms with E-state index in [0.29, 0.717) is 0 Å². The second-order valence-electron chi connectivity index (χ2n) is 2.67. The molecule has 1 aromatic rings. The van der Waals surface area contributed by atoms with Crippen LogP contribution < -0.4 is 5.73 Å². The maximum absolute atomic E-state index is 5.84. The molecule has 0 aliphatic carbocycles. The zero-order chi connectivity index (χ0) is 8.81. The minimum absolute atomic E-state index is 0.177. The number of ether oxygens (including phenoxy) is 1. The molecule has 68 valence electrons. The van der Waals surface area contributed by atoms with Crippen LogP contribution in [-0.2, 0) is 11.2 Å². The smallest absolute Gasteiger partial charge is 0.0940 e. The van der Waals surface area contributed by atoms with Crippen molar-refractivity contribution in [2.75, 3.05) is 13.7 Å². The fourth-order valence-corrected chi connectivity index (χ4v) is 1.66. The first-order valence-electron chi connectivity index (χ1n) is 3.96. The Bertz CT molecular complexity index is 201. The van der Waals surface area contributed by atoms with Crippen LogP contribution in [0.1, 0.15) is 11.4 Å². The normalized spacial score (nSPS) is 13.2. The Morgan fingerprint density at radius 1 is 1.75 bits per heavy atom. The molecule has 0 saturated heterocycles. The molecule has 1 heterocycles. The van der Waals surface area contributed by atoms with E-state index in [9.17, 15) is 0 Å². The highest BCUT2D eigenvalue weighted by atomic mass is 32.1. The Kier molecular flexibility index (Phi) is 4.21. The molecule has 0 fully saturated rings. The zero-order valence-electron chi connectivity index (χ0n) is 7.19. The third-order valence-corrected chi connectivity index (χ3v) is 2.41. The molecule has 0 aliphatic heterocycles. The molecule has 1 rings (SSSR count). The van der Waals surface area contributed by atoms with Gasteiger partial charge in [-0.1, -0.05) is 0 Å². The SMILES string of the molecule is COCCC(N)Cc1nccs1. The average Bonchev–Trinajstić information content (AvgIpc) is 2.53. The number of hydrogen-bond acceptors (Lipinski definition) is 4. The van der Waals surface area contributed by atoms with Crippen molar-refractivity contribution in [3.05, 3.63) is 16.6 Å². The first kappa shape index (κ1) is 9.64. The van der Waals surface area contributed by atoms with E-state index in [-0.39, 0.29) is 6.04 Å². The summed E-state index contributed by atoms with van der Waals surface area (Å²) in [5.74, 6) is 0. The predicted octanol–water partition coefficient (Wildman–Crippen LogP) is 1.05. The van der Waals surface area contributed by atoms with Crippen LogP contribution in [0.4, 0.5) is 0 Å². The second-order valence-corrected chi connectivity index (χ2v) is 3.65. The second kappa shape index (κ2) is 5.24. The van der Waals surface area contributed by atoms with Crippen LogP contribution in [0.2, 0.25) is 0 Å². The van der Waals surface area contributed by atoms with Crippen molar-refractivity contribution in [2.45, 2.75) is 18.9 Å². The van der Waals surface area contributed by atoms with Gasteiger partial charge in [0.25, 0.3) is 0 Å². The molecule has 2 N–H and O–H groups in total. The summed E-state index contributed by atoms with van der Waals surface area (Å²) in [6, 6.07) is 0.177. The lowest BCUT2D eigenvalue weighted by molar-refractivity contribution is 0.188. The molecule has 0 spiro atoms. The van der Waals surface area contributed by atoms with Crippen molar-refractivity contribution < 1.29 is 4.74 Å². The van der Waals surface area contributed by atoms with Crippen LogP contribution in [0.5, 0.6) is 0 Å². The molecule has 1 aromatic heterocycles. The van der Waals surface area contributed by atoms with E-state index in [1.165, 1.54) is 0 Å². The summed E-state index contributed by atoms with van der Waals surface area (Å²) in [5, 5.41) is 3.08. The topological polar surface area (TPSA) is 48.1 Å². The van der Waals surface area contributed by atoms with Gasteiger partial charge in [-0.2, -0.15) is 0 Å². The summed E-state index contributed by atoms with van der Waals surface area (Å²) in [6.45, 7) is 0.729. The number of methoxy groups -OCH3 is 1. The molecular formula is C8H14N2OS. The van der Waals surface area contributed by atoms with E-state index < -0.39 is 0 Å². The quantitative estimate of drug-likeness (QED) is 0.747. The van der Waals surface area contributed by atoms with E-state index >= 15 is 0 Å². The van der Waals surface area contributed by atoms with Crippen LogP contribution in [0.25, 0.3) is 0 Å². The fourth-order valence-electron chi connectivity index (χ4n) is 0.949. The van der Waals surface area contributed by atoms with Crippen LogP contribution in [0.3, 0.4) is 0 Å². The Labute approximate surface area is 76.6 Å². The number of thiazole rings is 1. The van der Waals surface area contributed by atoms with Crippen molar-refractivity contribution in [1.82, 2.24) is 4.98 Å². The summed E-state index contributed by atoms with van der Waals surface area (Å²) >= 11 is 1.65. The van der Waals surface area contributed by atoms with Crippen LogP contribution in [-0.4, -0.2) is 24.7 Å². The van der Waals surface area contributed by atoms with Crippen LogP contribution in [0.15, 0.2) is 11.6 Å². The highest BCUT2D eigenvalue weighted by Crippen LogP contribution is 2.07. The molecule has 1 unspecified atom stereocenters. The highest BCUT2D eigenvalue weighted by molar-refractivity contribution is 7.09. The third-order valence-electron chi connectivity index (χ3n) is 1.61. The average molecular weight is 186 g/mol. The van der Waals surface area contributed by atoms with Crippen molar-refractivity contribution in [3.8, 4) is 0 Å². The largest absolute Gasteiger partial charge is 0.385 e. The summed E-state index contributed by atoms with van der Waals surface area (Å²) in [5.41, 5.74) is 5.84. The number of nitrogens with two attached hydrogens (primary N) is 1. The van der Waals surface area contributed by atoms with Crippen LogP contribution in [0, 0.1) is 0 Å². The lowest BCUT2D eigenvalue weighted by Gasteiger charge is -2.07.